The van der Waals surface area contributed by atoms with Crippen molar-refractivity contribution in [2.24, 2.45) is 5.73 Å². The lowest BCUT2D eigenvalue weighted by Gasteiger charge is -2.07. The van der Waals surface area contributed by atoms with E-state index >= 15 is 0 Å². The van der Waals surface area contributed by atoms with Crippen LogP contribution in [0.15, 0.2) is 64.8 Å². The second-order valence-electron chi connectivity index (χ2n) is 4.29. The number of amides is 2. The molecule has 0 bridgehead atoms. The molecule has 5 heteroatoms. The summed E-state index contributed by atoms with van der Waals surface area (Å²) in [6, 6.07) is 16.0. The van der Waals surface area contributed by atoms with E-state index in [9.17, 15) is 9.59 Å². The Kier molecular flexibility index (Phi) is 4.90. The van der Waals surface area contributed by atoms with Crippen molar-refractivity contribution in [3.8, 4) is 0 Å². The van der Waals surface area contributed by atoms with Crippen LogP contribution in [0.1, 0.15) is 15.9 Å². The van der Waals surface area contributed by atoms with Crippen molar-refractivity contribution >= 4 is 33.8 Å². The monoisotopic (exact) mass is 344 g/mol. The van der Waals surface area contributed by atoms with Gasteiger partial charge in [0.15, 0.2) is 0 Å². The van der Waals surface area contributed by atoms with Crippen LogP contribution in [0.5, 0.6) is 0 Å². The van der Waals surface area contributed by atoms with Gasteiger partial charge in [-0.25, -0.2) is 0 Å². The van der Waals surface area contributed by atoms with Crippen LogP contribution in [0.25, 0.3) is 6.08 Å². The first-order valence-corrected chi connectivity index (χ1v) is 6.99. The number of primary amides is 1. The molecule has 21 heavy (non-hydrogen) atoms. The quantitative estimate of drug-likeness (QED) is 0.837. The van der Waals surface area contributed by atoms with Gasteiger partial charge >= 0.3 is 0 Å². The summed E-state index contributed by atoms with van der Waals surface area (Å²) >= 11 is 3.30. The van der Waals surface area contributed by atoms with Crippen LogP contribution >= 0.6 is 15.9 Å². The highest BCUT2D eigenvalue weighted by Gasteiger charge is 2.11. The molecular formula is C16H13BrN2O2. The Morgan fingerprint density at radius 2 is 1.62 bits per heavy atom. The van der Waals surface area contributed by atoms with Crippen molar-refractivity contribution in [2.45, 2.75) is 0 Å². The van der Waals surface area contributed by atoms with Gasteiger partial charge < -0.3 is 11.1 Å². The molecule has 4 nitrogen and oxygen atoms in total. The van der Waals surface area contributed by atoms with Crippen molar-refractivity contribution in [2.75, 3.05) is 0 Å². The van der Waals surface area contributed by atoms with E-state index in [0.717, 1.165) is 10.0 Å². The summed E-state index contributed by atoms with van der Waals surface area (Å²) < 4.78 is 0.869. The van der Waals surface area contributed by atoms with Crippen LogP contribution in [0, 0.1) is 0 Å². The average molecular weight is 345 g/mol. The summed E-state index contributed by atoms with van der Waals surface area (Å²) in [6.07, 6.45) is 1.54. The molecule has 2 aromatic carbocycles. The van der Waals surface area contributed by atoms with E-state index in [1.807, 2.05) is 30.3 Å². The van der Waals surface area contributed by atoms with Gasteiger partial charge in [0.1, 0.15) is 5.70 Å². The third kappa shape index (κ3) is 4.29. The Bertz CT molecular complexity index is 679. The predicted molar refractivity (Wildman–Crippen MR) is 85.2 cm³/mol. The van der Waals surface area contributed by atoms with Crippen molar-refractivity contribution in [1.82, 2.24) is 5.32 Å². The SMILES string of the molecule is NC(=O)/C(=C/c1ccccc1)NC(=O)c1ccc(Br)cc1. The molecule has 0 spiro atoms. The first-order valence-electron chi connectivity index (χ1n) is 6.20. The van der Waals surface area contributed by atoms with Gasteiger partial charge in [-0.2, -0.15) is 0 Å². The van der Waals surface area contributed by atoms with Gasteiger partial charge in [-0.15, -0.1) is 0 Å². The number of halogens is 1. The van der Waals surface area contributed by atoms with Crippen molar-refractivity contribution < 1.29 is 9.59 Å². The fraction of sp³-hybridized carbons (Fsp3) is 0. The predicted octanol–water partition coefficient (Wildman–Crippen LogP) is 2.71. The summed E-state index contributed by atoms with van der Waals surface area (Å²) in [5.74, 6) is -1.08. The van der Waals surface area contributed by atoms with Gasteiger partial charge in [-0.05, 0) is 35.9 Å². The minimum Gasteiger partial charge on any atom is -0.364 e. The average Bonchev–Trinajstić information content (AvgIpc) is 2.48. The Hall–Kier alpha value is -2.40. The maximum Gasteiger partial charge on any atom is 0.265 e. The van der Waals surface area contributed by atoms with E-state index in [0.29, 0.717) is 5.56 Å². The molecule has 0 aliphatic carbocycles. The fourth-order valence-corrected chi connectivity index (χ4v) is 1.94. The first-order chi connectivity index (χ1) is 10.1. The zero-order chi connectivity index (χ0) is 15.2. The number of carbonyl (C=O) groups is 2. The number of benzene rings is 2. The number of nitrogens with two attached hydrogens (primary N) is 1. The second kappa shape index (κ2) is 6.85. The lowest BCUT2D eigenvalue weighted by atomic mass is 10.1. The highest BCUT2D eigenvalue weighted by molar-refractivity contribution is 9.10. The molecule has 0 aliphatic rings. The highest BCUT2D eigenvalue weighted by atomic mass is 79.9. The van der Waals surface area contributed by atoms with E-state index in [1.54, 1.807) is 30.3 Å². The van der Waals surface area contributed by atoms with E-state index in [-0.39, 0.29) is 11.6 Å². The van der Waals surface area contributed by atoms with E-state index in [4.69, 9.17) is 5.73 Å². The van der Waals surface area contributed by atoms with Crippen LogP contribution in [-0.4, -0.2) is 11.8 Å². The summed E-state index contributed by atoms with van der Waals surface area (Å²) in [7, 11) is 0. The van der Waals surface area contributed by atoms with Crippen molar-refractivity contribution in [1.29, 1.82) is 0 Å². The fourth-order valence-electron chi connectivity index (χ4n) is 1.68. The molecule has 3 N–H and O–H groups in total. The summed E-state index contributed by atoms with van der Waals surface area (Å²) in [5.41, 5.74) is 6.58. The summed E-state index contributed by atoms with van der Waals surface area (Å²) in [5, 5.41) is 2.53. The molecule has 2 aromatic rings. The van der Waals surface area contributed by atoms with Crippen molar-refractivity contribution in [3.63, 3.8) is 0 Å². The Morgan fingerprint density at radius 3 is 2.19 bits per heavy atom. The molecule has 0 saturated carbocycles. The van der Waals surface area contributed by atoms with Crippen molar-refractivity contribution in [3.05, 3.63) is 75.9 Å². The van der Waals surface area contributed by atoms with Crippen LogP contribution in [0.3, 0.4) is 0 Å². The largest absolute Gasteiger partial charge is 0.364 e. The number of hydrogen-bond donors (Lipinski definition) is 2. The molecule has 0 aliphatic heterocycles. The van der Waals surface area contributed by atoms with Gasteiger partial charge in [0.2, 0.25) is 0 Å². The molecule has 0 atom stereocenters. The smallest absolute Gasteiger partial charge is 0.265 e. The van der Waals surface area contributed by atoms with Gasteiger partial charge in [0.25, 0.3) is 11.8 Å². The molecule has 0 radical (unpaired) electrons. The van der Waals surface area contributed by atoms with Crippen LogP contribution < -0.4 is 11.1 Å². The van der Waals surface area contributed by atoms with Crippen LogP contribution in [0.4, 0.5) is 0 Å². The molecule has 0 heterocycles. The molecule has 0 fully saturated rings. The Balaban J connectivity index is 2.21. The first kappa shape index (κ1) is 15.0. The van der Waals surface area contributed by atoms with E-state index < -0.39 is 5.91 Å². The maximum absolute atomic E-state index is 12.1. The second-order valence-corrected chi connectivity index (χ2v) is 5.21. The topological polar surface area (TPSA) is 72.2 Å². The van der Waals surface area contributed by atoms with Crippen LogP contribution in [-0.2, 0) is 4.79 Å². The number of nitrogens with one attached hydrogen (secondary N) is 1. The van der Waals surface area contributed by atoms with E-state index in [1.165, 1.54) is 0 Å². The Morgan fingerprint density at radius 1 is 1.00 bits per heavy atom. The maximum atomic E-state index is 12.1. The highest BCUT2D eigenvalue weighted by Crippen LogP contribution is 2.11. The van der Waals surface area contributed by atoms with Gasteiger partial charge in [0, 0.05) is 10.0 Å². The van der Waals surface area contributed by atoms with Crippen LogP contribution in [0.2, 0.25) is 0 Å². The third-order valence-corrected chi connectivity index (χ3v) is 3.26. The molecular weight excluding hydrogens is 332 g/mol. The van der Waals surface area contributed by atoms with Gasteiger partial charge in [0.05, 0.1) is 0 Å². The molecule has 0 unspecified atom stereocenters. The summed E-state index contributed by atoms with van der Waals surface area (Å²) in [6.45, 7) is 0. The lowest BCUT2D eigenvalue weighted by Crippen LogP contribution is -2.31. The zero-order valence-corrected chi connectivity index (χ0v) is 12.6. The lowest BCUT2D eigenvalue weighted by molar-refractivity contribution is -0.114. The summed E-state index contributed by atoms with van der Waals surface area (Å²) in [4.78, 5) is 23.5. The number of hydrogen-bond acceptors (Lipinski definition) is 2. The standard InChI is InChI=1S/C16H13BrN2O2/c17-13-8-6-12(7-9-13)16(21)19-14(15(18)20)10-11-4-2-1-3-5-11/h1-10H,(H2,18,20)(H,19,21)/b14-10-. The molecule has 106 valence electrons. The molecule has 0 aromatic heterocycles. The van der Waals surface area contributed by atoms with Gasteiger partial charge in [-0.3, -0.25) is 9.59 Å². The van der Waals surface area contributed by atoms with Gasteiger partial charge in [-0.1, -0.05) is 46.3 Å². The Labute approximate surface area is 130 Å². The zero-order valence-electron chi connectivity index (χ0n) is 11.0. The molecule has 2 amide bonds. The minimum absolute atomic E-state index is 0.0501. The molecule has 0 saturated heterocycles. The normalized spacial score (nSPS) is 11.0. The molecule has 2 rings (SSSR count). The number of carbonyl (C=O) groups excluding carboxylic acids is 2. The number of rotatable bonds is 4. The van der Waals surface area contributed by atoms with E-state index in [2.05, 4.69) is 21.2 Å². The minimum atomic E-state index is -0.690. The third-order valence-electron chi connectivity index (χ3n) is 2.73.